The van der Waals surface area contributed by atoms with Crippen molar-refractivity contribution >= 4 is 41.4 Å². The van der Waals surface area contributed by atoms with Crippen molar-refractivity contribution < 1.29 is 24.3 Å². The van der Waals surface area contributed by atoms with E-state index < -0.39 is 47.9 Å². The monoisotopic (exact) mass is 475 g/mol. The number of thioether (sulfide) groups is 1. The largest absolute Gasteiger partial charge is 0.480 e. The van der Waals surface area contributed by atoms with Gasteiger partial charge in [0.05, 0.1) is 6.04 Å². The first-order valence-corrected chi connectivity index (χ1v) is 11.7. The number of aliphatic imine (C=N–C) groups is 1. The van der Waals surface area contributed by atoms with Crippen molar-refractivity contribution in [2.24, 2.45) is 28.1 Å². The van der Waals surface area contributed by atoms with Gasteiger partial charge in [-0.3, -0.25) is 19.4 Å². The van der Waals surface area contributed by atoms with Crippen LogP contribution in [-0.4, -0.2) is 77.5 Å². The molecule has 0 radical (unpaired) electrons. The van der Waals surface area contributed by atoms with Gasteiger partial charge in [0, 0.05) is 6.54 Å². The SMILES string of the molecule is CSCCC(NC(=O)C(CCCN=C(N)N)NC(=O)C(C)NC(=O)C(N)C(C)C)C(=O)O. The van der Waals surface area contributed by atoms with Crippen molar-refractivity contribution in [2.45, 2.75) is 64.2 Å². The zero-order chi connectivity index (χ0) is 24.8. The molecule has 4 unspecified atom stereocenters. The van der Waals surface area contributed by atoms with Crippen molar-refractivity contribution in [1.82, 2.24) is 16.0 Å². The minimum atomic E-state index is -1.17. The molecule has 0 aromatic carbocycles. The van der Waals surface area contributed by atoms with Crippen molar-refractivity contribution in [1.29, 1.82) is 0 Å². The number of hydrogen-bond acceptors (Lipinski definition) is 7. The van der Waals surface area contributed by atoms with Crippen molar-refractivity contribution in [3.63, 3.8) is 0 Å². The van der Waals surface area contributed by atoms with Gasteiger partial charge in [-0.15, -0.1) is 0 Å². The third-order valence-electron chi connectivity index (χ3n) is 4.58. The number of carbonyl (C=O) groups is 4. The number of nitrogens with one attached hydrogen (secondary N) is 3. The van der Waals surface area contributed by atoms with Crippen molar-refractivity contribution in [3.8, 4) is 0 Å². The summed E-state index contributed by atoms with van der Waals surface area (Å²) in [6, 6.07) is -3.86. The number of rotatable bonds is 15. The Labute approximate surface area is 192 Å². The molecule has 0 aliphatic rings. The molecule has 0 aromatic heterocycles. The summed E-state index contributed by atoms with van der Waals surface area (Å²) in [6.07, 6.45) is 2.58. The Bertz CT molecular complexity index is 670. The van der Waals surface area contributed by atoms with E-state index in [4.69, 9.17) is 17.2 Å². The van der Waals surface area contributed by atoms with Gasteiger partial charge in [-0.1, -0.05) is 13.8 Å². The van der Waals surface area contributed by atoms with Crippen LogP contribution in [-0.2, 0) is 19.2 Å². The Hall–Kier alpha value is -2.54. The summed E-state index contributed by atoms with van der Waals surface area (Å²) in [6.45, 7) is 5.25. The number of nitrogens with two attached hydrogens (primary N) is 3. The Balaban J connectivity index is 5.22. The summed E-state index contributed by atoms with van der Waals surface area (Å²) < 4.78 is 0. The maximum absolute atomic E-state index is 12.7. The zero-order valence-corrected chi connectivity index (χ0v) is 19.9. The van der Waals surface area contributed by atoms with Gasteiger partial charge in [0.25, 0.3) is 0 Å². The smallest absolute Gasteiger partial charge is 0.326 e. The van der Waals surface area contributed by atoms with Crippen LogP contribution in [0.15, 0.2) is 4.99 Å². The molecular weight excluding hydrogens is 438 g/mol. The molecule has 0 rings (SSSR count). The quantitative estimate of drug-likeness (QED) is 0.0817. The lowest BCUT2D eigenvalue weighted by atomic mass is 10.0. The maximum Gasteiger partial charge on any atom is 0.326 e. The molecule has 0 spiro atoms. The molecule has 0 saturated carbocycles. The van der Waals surface area contributed by atoms with Crippen LogP contribution in [0, 0.1) is 5.92 Å². The molecule has 0 aromatic rings. The summed E-state index contributed by atoms with van der Waals surface area (Å²) in [5.74, 6) is -2.58. The summed E-state index contributed by atoms with van der Waals surface area (Å²) in [7, 11) is 0. The van der Waals surface area contributed by atoms with Gasteiger partial charge < -0.3 is 38.3 Å². The molecule has 3 amide bonds. The molecule has 4 atom stereocenters. The van der Waals surface area contributed by atoms with Crippen LogP contribution in [0.3, 0.4) is 0 Å². The minimum Gasteiger partial charge on any atom is -0.480 e. The Morgan fingerprint density at radius 1 is 0.938 bits per heavy atom. The molecule has 0 saturated heterocycles. The summed E-state index contributed by atoms with van der Waals surface area (Å²) in [5, 5.41) is 16.9. The van der Waals surface area contributed by atoms with Gasteiger partial charge in [-0.25, -0.2) is 4.79 Å². The van der Waals surface area contributed by atoms with Crippen LogP contribution in [0.1, 0.15) is 40.0 Å². The lowest BCUT2D eigenvalue weighted by molar-refractivity contribution is -0.142. The Morgan fingerprint density at radius 2 is 1.53 bits per heavy atom. The predicted molar refractivity (Wildman–Crippen MR) is 125 cm³/mol. The van der Waals surface area contributed by atoms with E-state index in [0.29, 0.717) is 12.2 Å². The molecule has 12 nitrogen and oxygen atoms in total. The van der Waals surface area contributed by atoms with E-state index in [0.717, 1.165) is 0 Å². The number of aliphatic carboxylic acids is 1. The van der Waals surface area contributed by atoms with E-state index in [1.54, 1.807) is 13.8 Å². The normalized spacial score (nSPS) is 14.6. The van der Waals surface area contributed by atoms with E-state index in [9.17, 15) is 24.3 Å². The van der Waals surface area contributed by atoms with Crippen molar-refractivity contribution in [3.05, 3.63) is 0 Å². The van der Waals surface area contributed by atoms with Gasteiger partial charge in [-0.05, 0) is 44.1 Å². The highest BCUT2D eigenvalue weighted by atomic mass is 32.2. The molecule has 0 aliphatic carbocycles. The van der Waals surface area contributed by atoms with Crippen LogP contribution in [0.5, 0.6) is 0 Å². The highest BCUT2D eigenvalue weighted by Gasteiger charge is 2.28. The number of carbonyl (C=O) groups excluding carboxylic acids is 3. The van der Waals surface area contributed by atoms with Gasteiger partial charge in [0.1, 0.15) is 18.1 Å². The predicted octanol–water partition coefficient (Wildman–Crippen LogP) is -1.66. The second-order valence-electron chi connectivity index (χ2n) is 7.69. The minimum absolute atomic E-state index is 0.101. The van der Waals surface area contributed by atoms with Crippen LogP contribution < -0.4 is 33.2 Å². The fourth-order valence-electron chi connectivity index (χ4n) is 2.51. The molecule has 184 valence electrons. The standard InChI is InChI=1S/C19H37N7O5S/c1-10(2)14(20)17(29)24-11(3)15(27)25-12(6-5-8-23-19(21)22)16(28)26-13(18(30)31)7-9-32-4/h10-14H,5-9,20H2,1-4H3,(H,24,29)(H,25,27)(H,26,28)(H,30,31)(H4,21,22,23). The van der Waals surface area contributed by atoms with E-state index in [2.05, 4.69) is 20.9 Å². The van der Waals surface area contributed by atoms with Crippen molar-refractivity contribution in [2.75, 3.05) is 18.6 Å². The fraction of sp³-hybridized carbons (Fsp3) is 0.737. The molecule has 0 heterocycles. The highest BCUT2D eigenvalue weighted by molar-refractivity contribution is 7.98. The first kappa shape index (κ1) is 29.5. The molecule has 0 aliphatic heterocycles. The van der Waals surface area contributed by atoms with Gasteiger partial charge in [0.2, 0.25) is 17.7 Å². The molecule has 32 heavy (non-hydrogen) atoms. The van der Waals surface area contributed by atoms with Gasteiger partial charge >= 0.3 is 5.97 Å². The summed E-state index contributed by atoms with van der Waals surface area (Å²) in [5.41, 5.74) is 16.4. The van der Waals surface area contributed by atoms with E-state index in [-0.39, 0.29) is 31.3 Å². The van der Waals surface area contributed by atoms with E-state index in [1.165, 1.54) is 18.7 Å². The molecule has 0 bridgehead atoms. The Morgan fingerprint density at radius 3 is 2.03 bits per heavy atom. The lowest BCUT2D eigenvalue weighted by Crippen LogP contribution is -2.56. The number of carboxylic acids is 1. The van der Waals surface area contributed by atoms with E-state index in [1.807, 2.05) is 6.26 Å². The lowest BCUT2D eigenvalue weighted by Gasteiger charge is -2.24. The van der Waals surface area contributed by atoms with E-state index >= 15 is 0 Å². The average molecular weight is 476 g/mol. The Kier molecular flexibility index (Phi) is 14.1. The third-order valence-corrected chi connectivity index (χ3v) is 5.22. The van der Waals surface area contributed by atoms with Crippen LogP contribution in [0.2, 0.25) is 0 Å². The highest BCUT2D eigenvalue weighted by Crippen LogP contribution is 2.05. The fourth-order valence-corrected chi connectivity index (χ4v) is 2.98. The first-order chi connectivity index (χ1) is 14.9. The number of amides is 3. The second-order valence-corrected chi connectivity index (χ2v) is 8.68. The molecule has 10 N–H and O–H groups in total. The molecule has 13 heteroatoms. The number of guanidine groups is 1. The second kappa shape index (κ2) is 15.3. The zero-order valence-electron chi connectivity index (χ0n) is 19.1. The number of carboxylic acid groups (broad SMARTS) is 1. The average Bonchev–Trinajstić information content (AvgIpc) is 2.71. The van der Waals surface area contributed by atoms with Crippen LogP contribution in [0.4, 0.5) is 0 Å². The number of nitrogens with zero attached hydrogens (tertiary/aromatic N) is 1. The summed E-state index contributed by atoms with van der Waals surface area (Å²) >= 11 is 1.45. The van der Waals surface area contributed by atoms with Gasteiger partial charge in [-0.2, -0.15) is 11.8 Å². The van der Waals surface area contributed by atoms with Crippen LogP contribution in [0.25, 0.3) is 0 Å². The van der Waals surface area contributed by atoms with Gasteiger partial charge in [0.15, 0.2) is 5.96 Å². The molecule has 0 fully saturated rings. The van der Waals surface area contributed by atoms with Crippen LogP contribution >= 0.6 is 11.8 Å². The number of hydrogen-bond donors (Lipinski definition) is 7. The molecular formula is C19H37N7O5S. The third kappa shape index (κ3) is 11.7. The topological polar surface area (TPSA) is 215 Å². The first-order valence-electron chi connectivity index (χ1n) is 10.3. The maximum atomic E-state index is 12.7. The summed E-state index contributed by atoms with van der Waals surface area (Å²) in [4.78, 5) is 52.7.